The molecule has 27 heavy (non-hydrogen) atoms. The van der Waals surface area contributed by atoms with Gasteiger partial charge in [-0.1, -0.05) is 0 Å². The number of nitrogens with one attached hydrogen (secondary N) is 1. The largest absolute Gasteiger partial charge is 0.379 e. The normalized spacial score (nSPS) is 19.5. The lowest BCUT2D eigenvalue weighted by Crippen LogP contribution is -2.41. The first-order chi connectivity index (χ1) is 12.9. The zero-order valence-electron chi connectivity index (χ0n) is 15.5. The Morgan fingerprint density at radius 1 is 1.37 bits per heavy atom. The maximum atomic E-state index is 12.4. The Bertz CT molecular complexity index is 1090. The number of rotatable bonds is 3. The second-order valence-electron chi connectivity index (χ2n) is 7.19. The number of aryl methyl sites for hydroxylation is 1. The van der Waals surface area contributed by atoms with Crippen molar-refractivity contribution in [3.05, 3.63) is 46.5 Å². The lowest BCUT2D eigenvalue weighted by molar-refractivity contribution is -0.114. The molecule has 1 N–H and O–H groups in total. The summed E-state index contributed by atoms with van der Waals surface area (Å²) in [7, 11) is 0. The fourth-order valence-electron chi connectivity index (χ4n) is 3.46. The minimum absolute atomic E-state index is 0.152. The van der Waals surface area contributed by atoms with Crippen LogP contribution in [0.3, 0.4) is 0 Å². The molecule has 0 aliphatic carbocycles. The van der Waals surface area contributed by atoms with Gasteiger partial charge in [-0.25, -0.2) is 9.67 Å². The highest BCUT2D eigenvalue weighted by Gasteiger charge is 2.34. The molecular formula is C19H21N5O3. The van der Waals surface area contributed by atoms with Gasteiger partial charge in [-0.05, 0) is 31.9 Å². The molecule has 0 spiro atoms. The Morgan fingerprint density at radius 3 is 2.89 bits per heavy atom. The van der Waals surface area contributed by atoms with E-state index in [1.807, 2.05) is 24.6 Å². The molecule has 1 unspecified atom stereocenters. The van der Waals surface area contributed by atoms with Crippen molar-refractivity contribution in [2.24, 2.45) is 0 Å². The van der Waals surface area contributed by atoms with Crippen LogP contribution in [0.4, 0.5) is 5.82 Å². The van der Waals surface area contributed by atoms with E-state index in [4.69, 9.17) is 4.74 Å². The topological polar surface area (TPSA) is 91.0 Å². The van der Waals surface area contributed by atoms with Crippen LogP contribution in [0.5, 0.6) is 0 Å². The van der Waals surface area contributed by atoms with Gasteiger partial charge in [-0.15, -0.1) is 0 Å². The van der Waals surface area contributed by atoms with Crippen LogP contribution in [-0.2, 0) is 15.1 Å². The molecule has 0 aromatic carbocycles. The van der Waals surface area contributed by atoms with Crippen LogP contribution in [0.2, 0.25) is 0 Å². The summed E-state index contributed by atoms with van der Waals surface area (Å²) in [5, 5.41) is 8.29. The first-order valence-corrected chi connectivity index (χ1v) is 8.82. The third-order valence-electron chi connectivity index (χ3n) is 4.94. The van der Waals surface area contributed by atoms with E-state index in [2.05, 4.69) is 15.4 Å². The van der Waals surface area contributed by atoms with Gasteiger partial charge in [-0.2, -0.15) is 5.10 Å². The summed E-state index contributed by atoms with van der Waals surface area (Å²) in [5.74, 6) is 0.914. The summed E-state index contributed by atoms with van der Waals surface area (Å²) in [6, 6.07) is 5.04. The molecule has 1 amide bonds. The van der Waals surface area contributed by atoms with Crippen LogP contribution in [-0.4, -0.2) is 38.5 Å². The van der Waals surface area contributed by atoms with E-state index in [0.29, 0.717) is 24.8 Å². The third kappa shape index (κ3) is 3.02. The minimum atomic E-state index is -0.450. The number of carbonyl (C=O) groups is 1. The molecule has 4 heterocycles. The van der Waals surface area contributed by atoms with E-state index in [1.54, 1.807) is 18.3 Å². The summed E-state index contributed by atoms with van der Waals surface area (Å²) in [6.07, 6.45) is 4.43. The molecule has 1 saturated heterocycles. The van der Waals surface area contributed by atoms with Gasteiger partial charge in [0.05, 0.1) is 17.7 Å². The van der Waals surface area contributed by atoms with E-state index in [-0.39, 0.29) is 11.5 Å². The standard InChI is InChI=1S/C19H21N5O3/c1-12-10-23(15-8-16(21-13(2)25)20-9-14(12)15)17-4-5-18(26)24(22-17)19(3)6-7-27-11-19/h4-5,8-10H,6-7,11H2,1-3H3,(H,20,21,25). The molecule has 8 nitrogen and oxygen atoms in total. The Kier molecular flexibility index (Phi) is 4.07. The molecule has 0 saturated carbocycles. The van der Waals surface area contributed by atoms with E-state index in [9.17, 15) is 9.59 Å². The zero-order valence-corrected chi connectivity index (χ0v) is 15.5. The van der Waals surface area contributed by atoms with Crippen molar-refractivity contribution in [3.63, 3.8) is 0 Å². The first-order valence-electron chi connectivity index (χ1n) is 8.82. The van der Waals surface area contributed by atoms with E-state index in [0.717, 1.165) is 22.9 Å². The summed E-state index contributed by atoms with van der Waals surface area (Å²) in [4.78, 5) is 28.1. The van der Waals surface area contributed by atoms with Crippen LogP contribution < -0.4 is 10.9 Å². The molecule has 0 radical (unpaired) electrons. The number of hydrogen-bond acceptors (Lipinski definition) is 5. The Balaban J connectivity index is 1.87. The highest BCUT2D eigenvalue weighted by atomic mass is 16.5. The SMILES string of the molecule is CC(=O)Nc1cc2c(cn1)c(C)cn2-c1ccc(=O)n(C2(C)CCOC2)n1. The van der Waals surface area contributed by atoms with Gasteiger partial charge < -0.3 is 10.1 Å². The van der Waals surface area contributed by atoms with Crippen molar-refractivity contribution in [3.8, 4) is 5.82 Å². The van der Waals surface area contributed by atoms with Crippen LogP contribution in [0.1, 0.15) is 25.8 Å². The molecular weight excluding hydrogens is 346 g/mol. The molecule has 140 valence electrons. The van der Waals surface area contributed by atoms with Crippen LogP contribution >= 0.6 is 0 Å². The van der Waals surface area contributed by atoms with E-state index < -0.39 is 5.54 Å². The van der Waals surface area contributed by atoms with Crippen molar-refractivity contribution < 1.29 is 9.53 Å². The van der Waals surface area contributed by atoms with E-state index >= 15 is 0 Å². The second-order valence-corrected chi connectivity index (χ2v) is 7.19. The van der Waals surface area contributed by atoms with Crippen molar-refractivity contribution in [2.45, 2.75) is 32.7 Å². The predicted molar refractivity (Wildman–Crippen MR) is 101 cm³/mol. The molecule has 4 rings (SSSR count). The summed E-state index contributed by atoms with van der Waals surface area (Å²) < 4.78 is 8.92. The maximum Gasteiger partial charge on any atom is 0.267 e. The first kappa shape index (κ1) is 17.4. The number of carbonyl (C=O) groups excluding carboxylic acids is 1. The van der Waals surface area contributed by atoms with Crippen LogP contribution in [0, 0.1) is 6.92 Å². The summed E-state index contributed by atoms with van der Waals surface area (Å²) >= 11 is 0. The van der Waals surface area contributed by atoms with Gasteiger partial charge in [-0.3, -0.25) is 14.2 Å². The molecule has 3 aromatic heterocycles. The van der Waals surface area contributed by atoms with Gasteiger partial charge >= 0.3 is 0 Å². The van der Waals surface area contributed by atoms with Gasteiger partial charge in [0.15, 0.2) is 5.82 Å². The Morgan fingerprint density at radius 2 is 2.19 bits per heavy atom. The molecule has 1 fully saturated rings. The second kappa shape index (κ2) is 6.31. The predicted octanol–water partition coefficient (Wildman–Crippen LogP) is 1.98. The highest BCUT2D eigenvalue weighted by molar-refractivity contribution is 5.92. The van der Waals surface area contributed by atoms with Gasteiger partial charge in [0.2, 0.25) is 5.91 Å². The average molecular weight is 367 g/mol. The van der Waals surface area contributed by atoms with Gasteiger partial charge in [0.25, 0.3) is 5.56 Å². The van der Waals surface area contributed by atoms with Gasteiger partial charge in [0, 0.05) is 43.4 Å². The summed E-state index contributed by atoms with van der Waals surface area (Å²) in [5.41, 5.74) is 1.28. The van der Waals surface area contributed by atoms with Crippen molar-refractivity contribution in [2.75, 3.05) is 18.5 Å². The maximum absolute atomic E-state index is 12.4. The minimum Gasteiger partial charge on any atom is -0.379 e. The number of fused-ring (bicyclic) bond motifs is 1. The zero-order chi connectivity index (χ0) is 19.2. The third-order valence-corrected chi connectivity index (χ3v) is 4.94. The summed E-state index contributed by atoms with van der Waals surface area (Å²) in [6.45, 7) is 6.49. The number of anilines is 1. The highest BCUT2D eigenvalue weighted by Crippen LogP contribution is 2.27. The molecule has 1 aliphatic rings. The number of amides is 1. The number of aromatic nitrogens is 4. The quantitative estimate of drug-likeness (QED) is 0.764. The monoisotopic (exact) mass is 367 g/mol. The Labute approximate surface area is 155 Å². The average Bonchev–Trinajstić information content (AvgIpc) is 3.20. The fraction of sp³-hybridized carbons (Fsp3) is 0.368. The van der Waals surface area contributed by atoms with E-state index in [1.165, 1.54) is 17.7 Å². The van der Waals surface area contributed by atoms with Crippen LogP contribution in [0.25, 0.3) is 16.7 Å². The van der Waals surface area contributed by atoms with Gasteiger partial charge in [0.1, 0.15) is 5.82 Å². The van der Waals surface area contributed by atoms with Crippen LogP contribution in [0.15, 0.2) is 35.4 Å². The Hall–Kier alpha value is -3.00. The van der Waals surface area contributed by atoms with Crippen molar-refractivity contribution in [1.82, 2.24) is 19.3 Å². The number of nitrogens with zero attached hydrogens (tertiary/aromatic N) is 4. The lowest BCUT2D eigenvalue weighted by atomic mass is 10.0. The smallest absolute Gasteiger partial charge is 0.267 e. The number of hydrogen-bond donors (Lipinski definition) is 1. The number of pyridine rings is 1. The molecule has 8 heteroatoms. The molecule has 0 bridgehead atoms. The number of ether oxygens (including phenoxy) is 1. The fourth-order valence-corrected chi connectivity index (χ4v) is 3.46. The van der Waals surface area contributed by atoms with Crippen molar-refractivity contribution in [1.29, 1.82) is 0 Å². The molecule has 1 atom stereocenters. The molecule has 3 aromatic rings. The molecule has 1 aliphatic heterocycles. The lowest BCUT2D eigenvalue weighted by Gasteiger charge is -2.24. The van der Waals surface area contributed by atoms with Crippen molar-refractivity contribution >= 4 is 22.6 Å².